The zero-order valence-corrected chi connectivity index (χ0v) is 9.83. The van der Waals surface area contributed by atoms with Gasteiger partial charge in [0.15, 0.2) is 0 Å². The molecule has 0 spiro atoms. The molecule has 0 heterocycles. The zero-order valence-electron chi connectivity index (χ0n) is 9.83. The summed E-state index contributed by atoms with van der Waals surface area (Å²) in [7, 11) is 0. The van der Waals surface area contributed by atoms with Gasteiger partial charge in [0.25, 0.3) is 0 Å². The lowest BCUT2D eigenvalue weighted by molar-refractivity contribution is 0.0939. The van der Waals surface area contributed by atoms with Crippen LogP contribution in [0.4, 0.5) is 0 Å². The van der Waals surface area contributed by atoms with E-state index in [1.807, 2.05) is 0 Å². The molecule has 0 aromatic carbocycles. The molecule has 2 unspecified atom stereocenters. The maximum Gasteiger partial charge on any atom is 0.107 e. The van der Waals surface area contributed by atoms with E-state index < -0.39 is 5.54 Å². The molecule has 0 radical (unpaired) electrons. The first kappa shape index (κ1) is 12.5. The molecule has 1 fully saturated rings. The average Bonchev–Trinajstić information content (AvgIpc) is 2.56. The van der Waals surface area contributed by atoms with Gasteiger partial charge in [-0.15, -0.1) is 0 Å². The number of rotatable bonds is 5. The first-order valence-electron chi connectivity index (χ1n) is 5.86. The Hall–Kier alpha value is -0.590. The highest BCUT2D eigenvalue weighted by Gasteiger charge is 2.39. The SMILES string of the molecule is CC(C)COCCC1CCCC1(N)C#N. The molecule has 1 rings (SSSR count). The molecule has 1 aliphatic rings. The Labute approximate surface area is 92.6 Å². The molecular formula is C12H22N2O. The first-order chi connectivity index (χ1) is 7.08. The predicted molar refractivity (Wildman–Crippen MR) is 60.1 cm³/mol. The van der Waals surface area contributed by atoms with Crippen LogP contribution in [0, 0.1) is 23.2 Å². The summed E-state index contributed by atoms with van der Waals surface area (Å²) in [5, 5.41) is 9.02. The zero-order chi connectivity index (χ0) is 11.3. The molecule has 1 saturated carbocycles. The fourth-order valence-corrected chi connectivity index (χ4v) is 2.20. The van der Waals surface area contributed by atoms with Gasteiger partial charge < -0.3 is 10.5 Å². The number of hydrogen-bond donors (Lipinski definition) is 1. The molecule has 86 valence electrons. The van der Waals surface area contributed by atoms with Gasteiger partial charge in [-0.25, -0.2) is 0 Å². The van der Waals surface area contributed by atoms with Gasteiger partial charge >= 0.3 is 0 Å². The standard InChI is InChI=1S/C12H22N2O/c1-10(2)8-15-7-5-11-4-3-6-12(11,14)9-13/h10-11H,3-8,14H2,1-2H3. The Morgan fingerprint density at radius 3 is 2.93 bits per heavy atom. The van der Waals surface area contributed by atoms with Crippen molar-refractivity contribution in [3.63, 3.8) is 0 Å². The van der Waals surface area contributed by atoms with Crippen molar-refractivity contribution >= 4 is 0 Å². The second-order valence-corrected chi connectivity index (χ2v) is 5.00. The summed E-state index contributed by atoms with van der Waals surface area (Å²) in [6, 6.07) is 2.26. The minimum Gasteiger partial charge on any atom is -0.381 e. The number of nitriles is 1. The predicted octanol–water partition coefficient (Wildman–Crippen LogP) is 2.07. The van der Waals surface area contributed by atoms with Crippen molar-refractivity contribution in [1.82, 2.24) is 0 Å². The van der Waals surface area contributed by atoms with Crippen LogP contribution in [0.25, 0.3) is 0 Å². The van der Waals surface area contributed by atoms with Gasteiger partial charge in [0, 0.05) is 13.2 Å². The van der Waals surface area contributed by atoms with Crippen molar-refractivity contribution in [2.75, 3.05) is 13.2 Å². The highest BCUT2D eigenvalue weighted by atomic mass is 16.5. The molecule has 2 N–H and O–H groups in total. The minimum absolute atomic E-state index is 0.328. The molecule has 0 aliphatic heterocycles. The van der Waals surface area contributed by atoms with Crippen LogP contribution < -0.4 is 5.73 Å². The van der Waals surface area contributed by atoms with E-state index in [2.05, 4.69) is 19.9 Å². The summed E-state index contributed by atoms with van der Waals surface area (Å²) in [5.41, 5.74) is 5.45. The summed E-state index contributed by atoms with van der Waals surface area (Å²) in [5.74, 6) is 0.904. The smallest absolute Gasteiger partial charge is 0.107 e. The van der Waals surface area contributed by atoms with Crippen LogP contribution >= 0.6 is 0 Å². The molecule has 0 bridgehead atoms. The molecule has 3 heteroatoms. The van der Waals surface area contributed by atoms with Gasteiger partial charge in [0.2, 0.25) is 0 Å². The molecule has 3 nitrogen and oxygen atoms in total. The Balaban J connectivity index is 2.24. The van der Waals surface area contributed by atoms with E-state index in [0.29, 0.717) is 11.8 Å². The summed E-state index contributed by atoms with van der Waals surface area (Å²) < 4.78 is 5.53. The Kier molecular flexibility index (Phi) is 4.56. The lowest BCUT2D eigenvalue weighted by atomic mass is 9.87. The van der Waals surface area contributed by atoms with Crippen LogP contribution in [0.1, 0.15) is 39.5 Å². The van der Waals surface area contributed by atoms with Gasteiger partial charge in [-0.2, -0.15) is 5.26 Å². The van der Waals surface area contributed by atoms with Crippen LogP contribution in [0.2, 0.25) is 0 Å². The van der Waals surface area contributed by atoms with Gasteiger partial charge in [0.1, 0.15) is 5.54 Å². The molecule has 0 amide bonds. The van der Waals surface area contributed by atoms with E-state index in [1.54, 1.807) is 0 Å². The topological polar surface area (TPSA) is 59.0 Å². The molecule has 0 aromatic heterocycles. The van der Waals surface area contributed by atoms with E-state index in [9.17, 15) is 0 Å². The molecule has 1 aliphatic carbocycles. The van der Waals surface area contributed by atoms with Crippen LogP contribution in [0.15, 0.2) is 0 Å². The summed E-state index contributed by atoms with van der Waals surface area (Å²) in [6.07, 6.45) is 3.93. The van der Waals surface area contributed by atoms with Gasteiger partial charge in [0.05, 0.1) is 6.07 Å². The summed E-state index contributed by atoms with van der Waals surface area (Å²) in [6.45, 7) is 5.82. The highest BCUT2D eigenvalue weighted by Crippen LogP contribution is 2.35. The van der Waals surface area contributed by atoms with E-state index in [4.69, 9.17) is 15.7 Å². The maximum absolute atomic E-state index is 9.02. The normalized spacial score (nSPS) is 30.7. The monoisotopic (exact) mass is 210 g/mol. The van der Waals surface area contributed by atoms with Gasteiger partial charge in [-0.05, 0) is 31.1 Å². The van der Waals surface area contributed by atoms with Crippen molar-refractivity contribution in [3.05, 3.63) is 0 Å². The van der Waals surface area contributed by atoms with Crippen molar-refractivity contribution in [1.29, 1.82) is 5.26 Å². The Bertz CT molecular complexity index is 234. The second kappa shape index (κ2) is 5.48. The Morgan fingerprint density at radius 1 is 1.60 bits per heavy atom. The van der Waals surface area contributed by atoms with Crippen LogP contribution in [0.3, 0.4) is 0 Å². The fraction of sp³-hybridized carbons (Fsp3) is 0.917. The summed E-state index contributed by atoms with van der Waals surface area (Å²) >= 11 is 0. The van der Waals surface area contributed by atoms with E-state index >= 15 is 0 Å². The third-order valence-corrected chi connectivity index (χ3v) is 3.14. The lowest BCUT2D eigenvalue weighted by Gasteiger charge is -2.23. The number of nitrogens with two attached hydrogens (primary N) is 1. The van der Waals surface area contributed by atoms with Crippen molar-refractivity contribution in [2.45, 2.75) is 45.1 Å². The van der Waals surface area contributed by atoms with Crippen molar-refractivity contribution in [3.8, 4) is 6.07 Å². The average molecular weight is 210 g/mol. The minimum atomic E-state index is -0.582. The quantitative estimate of drug-likeness (QED) is 0.707. The molecule has 0 aromatic rings. The second-order valence-electron chi connectivity index (χ2n) is 5.00. The van der Waals surface area contributed by atoms with Gasteiger partial charge in [-0.1, -0.05) is 20.3 Å². The third-order valence-electron chi connectivity index (χ3n) is 3.14. The first-order valence-corrected chi connectivity index (χ1v) is 5.86. The summed E-state index contributed by atoms with van der Waals surface area (Å²) in [4.78, 5) is 0. The van der Waals surface area contributed by atoms with Gasteiger partial charge in [-0.3, -0.25) is 0 Å². The highest BCUT2D eigenvalue weighted by molar-refractivity contribution is 5.11. The molecule has 0 saturated heterocycles. The van der Waals surface area contributed by atoms with Crippen LogP contribution in [0.5, 0.6) is 0 Å². The molecule has 15 heavy (non-hydrogen) atoms. The van der Waals surface area contributed by atoms with E-state index in [1.165, 1.54) is 0 Å². The van der Waals surface area contributed by atoms with Crippen LogP contribution in [-0.4, -0.2) is 18.8 Å². The number of ether oxygens (including phenoxy) is 1. The van der Waals surface area contributed by atoms with E-state index in [-0.39, 0.29) is 0 Å². The van der Waals surface area contributed by atoms with Crippen molar-refractivity contribution in [2.24, 2.45) is 17.6 Å². The van der Waals surface area contributed by atoms with Crippen LogP contribution in [-0.2, 0) is 4.74 Å². The molecular weight excluding hydrogens is 188 g/mol. The number of hydrogen-bond acceptors (Lipinski definition) is 3. The fourth-order valence-electron chi connectivity index (χ4n) is 2.20. The van der Waals surface area contributed by atoms with Crippen molar-refractivity contribution < 1.29 is 4.74 Å². The lowest BCUT2D eigenvalue weighted by Crippen LogP contribution is -2.42. The maximum atomic E-state index is 9.02. The third kappa shape index (κ3) is 3.48. The molecule has 2 atom stereocenters. The largest absolute Gasteiger partial charge is 0.381 e. The van der Waals surface area contributed by atoms with E-state index in [0.717, 1.165) is 38.9 Å². The Morgan fingerprint density at radius 2 is 2.33 bits per heavy atom. The number of nitrogens with zero attached hydrogens (tertiary/aromatic N) is 1.